The number of ketones is 1. The number of rotatable bonds is 5. The second kappa shape index (κ2) is 8.61. The summed E-state index contributed by atoms with van der Waals surface area (Å²) in [5, 5.41) is 0. The van der Waals surface area contributed by atoms with Crippen LogP contribution in [0.15, 0.2) is 48.5 Å². The van der Waals surface area contributed by atoms with Gasteiger partial charge in [-0.25, -0.2) is 14.8 Å². The van der Waals surface area contributed by atoms with Crippen molar-refractivity contribution in [1.29, 1.82) is 0 Å². The number of benzene rings is 2. The quantitative estimate of drug-likeness (QED) is 0.592. The van der Waals surface area contributed by atoms with Crippen molar-refractivity contribution in [3.8, 4) is 11.3 Å². The highest BCUT2D eigenvalue weighted by Crippen LogP contribution is 2.33. The summed E-state index contributed by atoms with van der Waals surface area (Å²) in [6, 6.07) is 15.3. The van der Waals surface area contributed by atoms with Crippen molar-refractivity contribution in [1.82, 2.24) is 9.97 Å². The lowest BCUT2D eigenvalue weighted by Crippen LogP contribution is -2.35. The number of carbonyl (C=O) groups excluding carboxylic acids is 2. The van der Waals surface area contributed by atoms with E-state index in [9.17, 15) is 9.59 Å². The van der Waals surface area contributed by atoms with Crippen LogP contribution >= 0.6 is 0 Å². The van der Waals surface area contributed by atoms with Crippen molar-refractivity contribution in [2.24, 2.45) is 5.92 Å². The van der Waals surface area contributed by atoms with Crippen LogP contribution in [-0.4, -0.2) is 41.9 Å². The predicted molar refractivity (Wildman–Crippen MR) is 117 cm³/mol. The molecule has 0 bridgehead atoms. The molecule has 6 nitrogen and oxygen atoms in total. The first-order valence-corrected chi connectivity index (χ1v) is 10.2. The maximum atomic E-state index is 11.9. The second-order valence-corrected chi connectivity index (χ2v) is 7.79. The summed E-state index contributed by atoms with van der Waals surface area (Å²) in [6.45, 7) is 3.32. The van der Waals surface area contributed by atoms with Gasteiger partial charge in [0.05, 0.1) is 23.7 Å². The van der Waals surface area contributed by atoms with Gasteiger partial charge in [0.1, 0.15) is 11.5 Å². The standard InChI is InChI=1S/C24H25N3O3/c1-16(28)14-17-10-12-27(13-11-17)23-22(18-6-4-3-5-7-18)25-20-9-8-19(24(29)30-2)15-21(20)26-23/h3-9,15,17H,10-14H2,1-2H3. The molecule has 0 unspecified atom stereocenters. The molecule has 6 heteroatoms. The van der Waals surface area contributed by atoms with Gasteiger partial charge < -0.3 is 14.4 Å². The molecule has 1 aliphatic rings. The first-order chi connectivity index (χ1) is 14.5. The smallest absolute Gasteiger partial charge is 0.337 e. The Morgan fingerprint density at radius 1 is 1.03 bits per heavy atom. The average Bonchev–Trinajstić information content (AvgIpc) is 2.78. The Hall–Kier alpha value is -3.28. The number of esters is 1. The topological polar surface area (TPSA) is 72.4 Å². The lowest BCUT2D eigenvalue weighted by molar-refractivity contribution is -0.118. The molecule has 0 spiro atoms. The molecule has 3 aromatic rings. The molecule has 30 heavy (non-hydrogen) atoms. The molecule has 2 aromatic carbocycles. The third-order valence-electron chi connectivity index (χ3n) is 5.60. The number of hydrogen-bond acceptors (Lipinski definition) is 6. The fourth-order valence-electron chi connectivity index (χ4n) is 4.06. The van der Waals surface area contributed by atoms with Gasteiger partial charge >= 0.3 is 5.97 Å². The molecule has 1 aromatic heterocycles. The fourth-order valence-corrected chi connectivity index (χ4v) is 4.06. The van der Waals surface area contributed by atoms with Gasteiger partial charge in [0.25, 0.3) is 0 Å². The normalized spacial score (nSPS) is 14.7. The molecule has 0 atom stereocenters. The lowest BCUT2D eigenvalue weighted by atomic mass is 9.92. The summed E-state index contributed by atoms with van der Waals surface area (Å²) in [5.74, 6) is 1.10. The number of anilines is 1. The van der Waals surface area contributed by atoms with Gasteiger partial charge in [0.2, 0.25) is 0 Å². The first kappa shape index (κ1) is 20.0. The SMILES string of the molecule is COC(=O)c1ccc2nc(-c3ccccc3)c(N3CCC(CC(C)=O)CC3)nc2c1. The highest BCUT2D eigenvalue weighted by molar-refractivity contribution is 5.94. The molecule has 1 aliphatic heterocycles. The Labute approximate surface area is 175 Å². The minimum Gasteiger partial charge on any atom is -0.465 e. The maximum Gasteiger partial charge on any atom is 0.337 e. The van der Waals surface area contributed by atoms with Crippen LogP contribution in [0, 0.1) is 5.92 Å². The van der Waals surface area contributed by atoms with Crippen molar-refractivity contribution in [2.75, 3.05) is 25.1 Å². The molecule has 1 saturated heterocycles. The Morgan fingerprint density at radius 3 is 2.43 bits per heavy atom. The molecule has 1 fully saturated rings. The van der Waals surface area contributed by atoms with Crippen molar-refractivity contribution in [3.63, 3.8) is 0 Å². The molecule has 0 saturated carbocycles. The van der Waals surface area contributed by atoms with E-state index < -0.39 is 5.97 Å². The number of Topliss-reactive ketones (excluding diaryl/α,β-unsaturated/α-hetero) is 1. The third-order valence-corrected chi connectivity index (χ3v) is 5.60. The molecule has 0 radical (unpaired) electrons. The van der Waals surface area contributed by atoms with E-state index in [2.05, 4.69) is 4.90 Å². The van der Waals surface area contributed by atoms with Crippen LogP contribution < -0.4 is 4.90 Å². The number of piperidine rings is 1. The number of fused-ring (bicyclic) bond motifs is 1. The summed E-state index contributed by atoms with van der Waals surface area (Å²) in [4.78, 5) is 35.5. The van der Waals surface area contributed by atoms with Gasteiger partial charge in [-0.15, -0.1) is 0 Å². The van der Waals surface area contributed by atoms with Gasteiger partial charge in [-0.1, -0.05) is 30.3 Å². The van der Waals surface area contributed by atoms with Crippen LogP contribution in [0.3, 0.4) is 0 Å². The monoisotopic (exact) mass is 403 g/mol. The predicted octanol–water partition coefficient (Wildman–Crippen LogP) is 4.28. The van der Waals surface area contributed by atoms with Crippen molar-refractivity contribution in [2.45, 2.75) is 26.2 Å². The van der Waals surface area contributed by atoms with Crippen LogP contribution in [-0.2, 0) is 9.53 Å². The molecule has 2 heterocycles. The van der Waals surface area contributed by atoms with Gasteiger partial charge in [0.15, 0.2) is 5.82 Å². The maximum absolute atomic E-state index is 11.9. The summed E-state index contributed by atoms with van der Waals surface area (Å²) in [6.07, 6.45) is 2.55. The van der Waals surface area contributed by atoms with E-state index in [1.54, 1.807) is 19.1 Å². The van der Waals surface area contributed by atoms with E-state index >= 15 is 0 Å². The van der Waals surface area contributed by atoms with Crippen LogP contribution in [0.25, 0.3) is 22.3 Å². The minimum absolute atomic E-state index is 0.249. The highest BCUT2D eigenvalue weighted by Gasteiger charge is 2.24. The molecule has 4 rings (SSSR count). The molecule has 0 amide bonds. The number of methoxy groups -OCH3 is 1. The molecular formula is C24H25N3O3. The van der Waals surface area contributed by atoms with E-state index in [1.807, 2.05) is 36.4 Å². The summed E-state index contributed by atoms with van der Waals surface area (Å²) >= 11 is 0. The number of aromatic nitrogens is 2. The average molecular weight is 403 g/mol. The first-order valence-electron chi connectivity index (χ1n) is 10.2. The van der Waals surface area contributed by atoms with E-state index in [-0.39, 0.29) is 5.78 Å². The summed E-state index contributed by atoms with van der Waals surface area (Å²) in [5.41, 5.74) is 3.69. The number of carbonyl (C=O) groups is 2. The van der Waals surface area contributed by atoms with E-state index in [4.69, 9.17) is 14.7 Å². The summed E-state index contributed by atoms with van der Waals surface area (Å²) in [7, 11) is 1.37. The van der Waals surface area contributed by atoms with Gasteiger partial charge in [0, 0.05) is 25.1 Å². The Kier molecular flexibility index (Phi) is 5.74. The lowest BCUT2D eigenvalue weighted by Gasteiger charge is -2.33. The van der Waals surface area contributed by atoms with Gasteiger partial charge in [-0.2, -0.15) is 0 Å². The molecule has 0 aliphatic carbocycles. The van der Waals surface area contributed by atoms with Gasteiger partial charge in [-0.05, 0) is 43.9 Å². The second-order valence-electron chi connectivity index (χ2n) is 7.79. The van der Waals surface area contributed by atoms with E-state index in [0.717, 1.165) is 48.5 Å². The van der Waals surface area contributed by atoms with E-state index in [0.29, 0.717) is 23.4 Å². The Morgan fingerprint density at radius 2 is 1.77 bits per heavy atom. The minimum atomic E-state index is -0.391. The molecule has 154 valence electrons. The number of hydrogen-bond donors (Lipinski definition) is 0. The Bertz CT molecular complexity index is 1070. The van der Waals surface area contributed by atoms with Crippen LogP contribution in [0.5, 0.6) is 0 Å². The molecule has 0 N–H and O–H groups in total. The fraction of sp³-hybridized carbons (Fsp3) is 0.333. The summed E-state index contributed by atoms with van der Waals surface area (Å²) < 4.78 is 4.84. The molecular weight excluding hydrogens is 378 g/mol. The van der Waals surface area contributed by atoms with Gasteiger partial charge in [-0.3, -0.25) is 0 Å². The van der Waals surface area contributed by atoms with Crippen LogP contribution in [0.2, 0.25) is 0 Å². The van der Waals surface area contributed by atoms with Crippen LogP contribution in [0.4, 0.5) is 5.82 Å². The zero-order chi connectivity index (χ0) is 21.1. The Balaban J connectivity index is 1.75. The van der Waals surface area contributed by atoms with E-state index in [1.165, 1.54) is 7.11 Å². The number of nitrogens with zero attached hydrogens (tertiary/aromatic N) is 3. The van der Waals surface area contributed by atoms with Crippen molar-refractivity contribution < 1.29 is 14.3 Å². The zero-order valence-corrected chi connectivity index (χ0v) is 17.3. The van der Waals surface area contributed by atoms with Crippen LogP contribution in [0.1, 0.15) is 36.5 Å². The highest BCUT2D eigenvalue weighted by atomic mass is 16.5. The zero-order valence-electron chi connectivity index (χ0n) is 17.3. The number of ether oxygens (including phenoxy) is 1. The van der Waals surface area contributed by atoms with Crippen molar-refractivity contribution in [3.05, 3.63) is 54.1 Å². The largest absolute Gasteiger partial charge is 0.465 e. The van der Waals surface area contributed by atoms with Crippen molar-refractivity contribution >= 4 is 28.6 Å². The third kappa shape index (κ3) is 4.17.